The maximum absolute atomic E-state index is 12.3. The number of β-amino-alcohol motifs (C(OH)–C–C–N with tert-alkyl or cyclic N) is 1. The van der Waals surface area contributed by atoms with Crippen molar-refractivity contribution in [2.75, 3.05) is 18.0 Å². The third-order valence-electron chi connectivity index (χ3n) is 4.34. The van der Waals surface area contributed by atoms with Crippen LogP contribution in [0.4, 0.5) is 5.82 Å². The molecule has 2 N–H and O–H groups in total. The Kier molecular flexibility index (Phi) is 5.96. The molecule has 3 rings (SSSR count). The van der Waals surface area contributed by atoms with Gasteiger partial charge in [-0.25, -0.2) is 0 Å². The minimum Gasteiger partial charge on any atom is -0.389 e. The van der Waals surface area contributed by atoms with Gasteiger partial charge in [-0.1, -0.05) is 24.3 Å². The molecule has 0 spiro atoms. The van der Waals surface area contributed by atoms with E-state index in [0.29, 0.717) is 18.9 Å². The van der Waals surface area contributed by atoms with Crippen LogP contribution in [0.2, 0.25) is 0 Å². The van der Waals surface area contributed by atoms with E-state index in [4.69, 9.17) is 23.2 Å². The summed E-state index contributed by atoms with van der Waals surface area (Å²) in [7, 11) is 0. The number of aryl methyl sites for hydroxylation is 1. The number of aliphatic hydroxyl groups excluding tert-OH is 1. The Morgan fingerprint density at radius 1 is 1.23 bits per heavy atom. The molecule has 0 bridgehead atoms. The second-order valence-electron chi connectivity index (χ2n) is 6.40. The van der Waals surface area contributed by atoms with Gasteiger partial charge in [-0.3, -0.25) is 4.79 Å². The Balaban J connectivity index is 1.56. The molecule has 8 heteroatoms. The minimum absolute atomic E-state index is 0.146. The molecule has 1 aromatic carbocycles. The first-order valence-electron chi connectivity index (χ1n) is 8.32. The maximum atomic E-state index is 12.3. The highest BCUT2D eigenvalue weighted by Gasteiger charge is 2.33. The van der Waals surface area contributed by atoms with E-state index in [-0.39, 0.29) is 18.4 Å². The summed E-state index contributed by atoms with van der Waals surface area (Å²) in [5, 5.41) is 21.3. The fraction of sp³-hybridized carbons (Fsp3) is 0.389. The zero-order valence-corrected chi connectivity index (χ0v) is 15.8. The van der Waals surface area contributed by atoms with E-state index in [9.17, 15) is 9.90 Å². The Hall–Kier alpha value is -1.89. The fourth-order valence-corrected chi connectivity index (χ4v) is 3.19. The average molecular weight is 395 g/mol. The summed E-state index contributed by atoms with van der Waals surface area (Å²) >= 11 is 11.6. The van der Waals surface area contributed by atoms with Crippen LogP contribution in [0.5, 0.6) is 0 Å². The predicted molar refractivity (Wildman–Crippen MR) is 102 cm³/mol. The Morgan fingerprint density at radius 2 is 1.96 bits per heavy atom. The Labute approximate surface area is 162 Å². The van der Waals surface area contributed by atoms with E-state index in [1.165, 1.54) is 0 Å². The first-order valence-corrected chi connectivity index (χ1v) is 9.19. The molecule has 6 nitrogen and oxygen atoms in total. The maximum Gasteiger partial charge on any atom is 0.224 e. The van der Waals surface area contributed by atoms with E-state index >= 15 is 0 Å². The van der Waals surface area contributed by atoms with Crippen LogP contribution >= 0.6 is 23.2 Å². The fourth-order valence-electron chi connectivity index (χ4n) is 2.90. The zero-order chi connectivity index (χ0) is 18.7. The summed E-state index contributed by atoms with van der Waals surface area (Å²) in [6, 6.07) is 10.6. The highest BCUT2D eigenvalue weighted by molar-refractivity contribution is 6.44. The van der Waals surface area contributed by atoms with Crippen LogP contribution < -0.4 is 10.2 Å². The van der Waals surface area contributed by atoms with Gasteiger partial charge in [-0.2, -0.15) is 5.10 Å². The molecule has 1 fully saturated rings. The van der Waals surface area contributed by atoms with E-state index in [1.807, 2.05) is 36.1 Å². The molecule has 2 aromatic rings. The molecule has 0 saturated carbocycles. The van der Waals surface area contributed by atoms with Gasteiger partial charge in [0.25, 0.3) is 0 Å². The molecular formula is C18H20Cl2N4O2. The molecule has 2 heterocycles. The van der Waals surface area contributed by atoms with Gasteiger partial charge in [0.1, 0.15) is 4.84 Å². The number of hydrogen-bond acceptors (Lipinski definition) is 5. The van der Waals surface area contributed by atoms with Crippen molar-refractivity contribution < 1.29 is 9.90 Å². The summed E-state index contributed by atoms with van der Waals surface area (Å²) < 4.78 is 0. The molecular weight excluding hydrogens is 375 g/mol. The van der Waals surface area contributed by atoms with Gasteiger partial charge in [0, 0.05) is 13.1 Å². The number of halogens is 2. The first kappa shape index (κ1) is 18.9. The largest absolute Gasteiger partial charge is 0.389 e. The summed E-state index contributed by atoms with van der Waals surface area (Å²) in [6.07, 6.45) is -0.430. The molecule has 1 amide bonds. The quantitative estimate of drug-likeness (QED) is 0.759. The van der Waals surface area contributed by atoms with E-state index < -0.39 is 10.9 Å². The zero-order valence-electron chi connectivity index (χ0n) is 14.3. The van der Waals surface area contributed by atoms with Crippen molar-refractivity contribution in [3.8, 4) is 0 Å². The molecule has 2 atom stereocenters. The van der Waals surface area contributed by atoms with E-state index in [2.05, 4.69) is 15.5 Å². The lowest BCUT2D eigenvalue weighted by atomic mass is 10.1. The molecule has 0 radical (unpaired) electrons. The van der Waals surface area contributed by atoms with Crippen LogP contribution in [0.3, 0.4) is 0 Å². The lowest BCUT2D eigenvalue weighted by Gasteiger charge is -2.17. The third kappa shape index (κ3) is 4.63. The van der Waals surface area contributed by atoms with Crippen LogP contribution in [0.1, 0.15) is 21.7 Å². The number of carbonyl (C=O) groups is 1. The highest BCUT2D eigenvalue weighted by atomic mass is 35.5. The monoisotopic (exact) mass is 394 g/mol. The number of nitrogens with zero attached hydrogens (tertiary/aromatic N) is 3. The third-order valence-corrected chi connectivity index (χ3v) is 4.84. The Morgan fingerprint density at radius 3 is 2.58 bits per heavy atom. The number of anilines is 1. The molecule has 0 unspecified atom stereocenters. The van der Waals surface area contributed by atoms with Gasteiger partial charge in [0.2, 0.25) is 5.91 Å². The van der Waals surface area contributed by atoms with Crippen LogP contribution in [0, 0.1) is 6.92 Å². The van der Waals surface area contributed by atoms with Crippen LogP contribution in [0.25, 0.3) is 0 Å². The number of aliphatic hydroxyl groups is 1. The molecule has 1 aromatic heterocycles. The second-order valence-corrected chi connectivity index (χ2v) is 7.49. The van der Waals surface area contributed by atoms with Gasteiger partial charge < -0.3 is 15.3 Å². The first-order chi connectivity index (χ1) is 12.4. The van der Waals surface area contributed by atoms with Crippen molar-refractivity contribution in [3.05, 3.63) is 53.2 Å². The topological polar surface area (TPSA) is 78.4 Å². The van der Waals surface area contributed by atoms with Crippen LogP contribution in [-0.4, -0.2) is 46.4 Å². The number of aromatic nitrogens is 2. The van der Waals surface area contributed by atoms with Gasteiger partial charge in [0.05, 0.1) is 24.3 Å². The van der Waals surface area contributed by atoms with Crippen molar-refractivity contribution in [2.45, 2.75) is 30.3 Å². The number of nitrogens with one attached hydrogen (secondary N) is 1. The van der Waals surface area contributed by atoms with Crippen molar-refractivity contribution in [1.82, 2.24) is 15.5 Å². The highest BCUT2D eigenvalue weighted by Crippen LogP contribution is 2.24. The van der Waals surface area contributed by atoms with Crippen molar-refractivity contribution in [1.29, 1.82) is 0 Å². The smallest absolute Gasteiger partial charge is 0.224 e. The molecule has 1 aliphatic rings. The molecule has 1 aliphatic heterocycles. The lowest BCUT2D eigenvalue weighted by molar-refractivity contribution is -0.121. The van der Waals surface area contributed by atoms with Crippen molar-refractivity contribution in [2.24, 2.45) is 0 Å². The number of hydrogen-bond donors (Lipinski definition) is 2. The van der Waals surface area contributed by atoms with Crippen LogP contribution in [-0.2, 0) is 11.2 Å². The van der Waals surface area contributed by atoms with E-state index in [0.717, 1.165) is 16.8 Å². The number of amides is 1. The Bertz CT molecular complexity index is 753. The predicted octanol–water partition coefficient (Wildman–Crippen LogP) is 2.17. The van der Waals surface area contributed by atoms with Gasteiger partial charge in [0.15, 0.2) is 5.82 Å². The number of benzene rings is 1. The minimum atomic E-state index is -0.655. The SMILES string of the molecule is Cc1ccc(N2C[C@@H](O)[C@@H](NC(=O)Cc3ccc(C(Cl)Cl)cc3)C2)nn1. The van der Waals surface area contributed by atoms with E-state index in [1.54, 1.807) is 12.1 Å². The summed E-state index contributed by atoms with van der Waals surface area (Å²) in [6.45, 7) is 2.76. The number of alkyl halides is 2. The summed E-state index contributed by atoms with van der Waals surface area (Å²) in [5.41, 5.74) is 2.48. The van der Waals surface area contributed by atoms with Gasteiger partial charge in [-0.15, -0.1) is 28.3 Å². The molecule has 138 valence electrons. The van der Waals surface area contributed by atoms with Gasteiger partial charge >= 0.3 is 0 Å². The van der Waals surface area contributed by atoms with Crippen LogP contribution in [0.15, 0.2) is 36.4 Å². The normalized spacial score (nSPS) is 19.8. The van der Waals surface area contributed by atoms with Gasteiger partial charge in [-0.05, 0) is 30.2 Å². The lowest BCUT2D eigenvalue weighted by Crippen LogP contribution is -2.43. The molecule has 0 aliphatic carbocycles. The summed E-state index contributed by atoms with van der Waals surface area (Å²) in [5.74, 6) is 0.547. The summed E-state index contributed by atoms with van der Waals surface area (Å²) in [4.78, 5) is 13.6. The van der Waals surface area contributed by atoms with Crippen molar-refractivity contribution >= 4 is 34.9 Å². The standard InChI is InChI=1S/C18H20Cl2N4O2/c1-11-2-7-16(23-22-11)24-9-14(15(25)10-24)21-17(26)8-12-3-5-13(6-4-12)18(19)20/h2-7,14-15,18,25H,8-10H2,1H3,(H,21,26)/t14-,15+/m0/s1. The number of rotatable bonds is 5. The second kappa shape index (κ2) is 8.20. The number of carbonyl (C=O) groups excluding carboxylic acids is 1. The molecule has 26 heavy (non-hydrogen) atoms. The average Bonchev–Trinajstić information content (AvgIpc) is 2.96. The molecule has 1 saturated heterocycles. The van der Waals surface area contributed by atoms with Crippen molar-refractivity contribution in [3.63, 3.8) is 0 Å².